The number of carbonyl (C=O) groups excluding carboxylic acids is 1. The molecule has 110 valence electrons. The van der Waals surface area contributed by atoms with Crippen molar-refractivity contribution in [2.75, 3.05) is 25.7 Å². The average Bonchev–Trinajstić information content (AvgIpc) is 2.42. The first-order chi connectivity index (χ1) is 9.45. The van der Waals surface area contributed by atoms with E-state index in [9.17, 15) is 14.0 Å². The van der Waals surface area contributed by atoms with Crippen LogP contribution >= 0.6 is 0 Å². The molecule has 0 aromatic heterocycles. The lowest BCUT2D eigenvalue weighted by molar-refractivity contribution is -0.139. The molecule has 20 heavy (non-hydrogen) atoms. The van der Waals surface area contributed by atoms with Crippen molar-refractivity contribution in [2.24, 2.45) is 0 Å². The maximum atomic E-state index is 12.8. The van der Waals surface area contributed by atoms with Crippen LogP contribution in [-0.4, -0.2) is 43.9 Å². The van der Waals surface area contributed by atoms with Crippen molar-refractivity contribution in [3.63, 3.8) is 0 Å². The van der Waals surface area contributed by atoms with Gasteiger partial charge in [0.1, 0.15) is 11.9 Å². The van der Waals surface area contributed by atoms with Gasteiger partial charge in [0.05, 0.1) is 0 Å². The maximum Gasteiger partial charge on any atom is 0.326 e. The van der Waals surface area contributed by atoms with E-state index in [2.05, 4.69) is 5.32 Å². The van der Waals surface area contributed by atoms with Crippen LogP contribution in [0.4, 0.5) is 14.9 Å². The topological polar surface area (TPSA) is 78.9 Å². The largest absolute Gasteiger partial charge is 0.480 e. The molecule has 2 amide bonds. The van der Waals surface area contributed by atoms with Gasteiger partial charge in [-0.1, -0.05) is 0 Å². The van der Waals surface area contributed by atoms with Crippen molar-refractivity contribution in [3.05, 3.63) is 30.1 Å². The Balaban J connectivity index is 2.68. The summed E-state index contributed by atoms with van der Waals surface area (Å²) in [4.78, 5) is 24.1. The lowest BCUT2D eigenvalue weighted by Gasteiger charge is -2.21. The number of carboxylic acids is 1. The van der Waals surface area contributed by atoms with Gasteiger partial charge in [-0.15, -0.1) is 0 Å². The van der Waals surface area contributed by atoms with E-state index in [1.165, 1.54) is 43.3 Å². The van der Waals surface area contributed by atoms with Crippen LogP contribution in [-0.2, 0) is 9.53 Å². The molecule has 0 aliphatic rings. The van der Waals surface area contributed by atoms with Gasteiger partial charge < -0.3 is 15.2 Å². The van der Waals surface area contributed by atoms with Crippen molar-refractivity contribution in [2.45, 2.75) is 12.5 Å². The number of hydrogen-bond donors (Lipinski definition) is 2. The molecule has 0 aliphatic carbocycles. The summed E-state index contributed by atoms with van der Waals surface area (Å²) in [5.74, 6) is -1.55. The van der Waals surface area contributed by atoms with E-state index in [0.717, 1.165) is 0 Å². The highest BCUT2D eigenvalue weighted by atomic mass is 19.1. The van der Waals surface area contributed by atoms with Crippen molar-refractivity contribution in [3.8, 4) is 0 Å². The fraction of sp³-hybridized carbons (Fsp3) is 0.385. The standard InChI is InChI=1S/C13H17FN2O4/c1-16(10-5-3-9(14)4-6-10)13(19)15-11(12(17)18)7-8-20-2/h3-6,11H,7-8H2,1-2H3,(H,15,19)(H,17,18). The SMILES string of the molecule is COCCC(NC(=O)N(C)c1ccc(F)cc1)C(=O)O. The fourth-order valence-corrected chi connectivity index (χ4v) is 1.52. The van der Waals surface area contributed by atoms with Crippen LogP contribution in [0, 0.1) is 5.82 Å². The van der Waals surface area contributed by atoms with E-state index in [0.29, 0.717) is 5.69 Å². The number of hydrogen-bond acceptors (Lipinski definition) is 3. The molecule has 1 aromatic carbocycles. The van der Waals surface area contributed by atoms with Gasteiger partial charge in [0.15, 0.2) is 0 Å². The Bertz CT molecular complexity index is 464. The van der Waals surface area contributed by atoms with E-state index in [4.69, 9.17) is 9.84 Å². The smallest absolute Gasteiger partial charge is 0.326 e. The van der Waals surface area contributed by atoms with E-state index in [1.54, 1.807) is 0 Å². The highest BCUT2D eigenvalue weighted by Gasteiger charge is 2.21. The number of halogens is 1. The summed E-state index contributed by atoms with van der Waals surface area (Å²) >= 11 is 0. The summed E-state index contributed by atoms with van der Waals surface area (Å²) in [6.07, 6.45) is 0.162. The second-order valence-electron chi connectivity index (χ2n) is 4.16. The van der Waals surface area contributed by atoms with E-state index in [-0.39, 0.29) is 13.0 Å². The molecule has 0 saturated carbocycles. The summed E-state index contributed by atoms with van der Waals surface area (Å²) in [5, 5.41) is 11.4. The molecule has 1 atom stereocenters. The maximum absolute atomic E-state index is 12.8. The molecule has 1 aromatic rings. The van der Waals surface area contributed by atoms with Crippen LogP contribution in [0.25, 0.3) is 0 Å². The van der Waals surface area contributed by atoms with Crippen LogP contribution in [0.2, 0.25) is 0 Å². The number of carboxylic acid groups (broad SMARTS) is 1. The van der Waals surface area contributed by atoms with Crippen molar-refractivity contribution < 1.29 is 23.8 Å². The van der Waals surface area contributed by atoms with Crippen molar-refractivity contribution in [1.29, 1.82) is 0 Å². The van der Waals surface area contributed by atoms with Gasteiger partial charge in [-0.05, 0) is 24.3 Å². The van der Waals surface area contributed by atoms with Gasteiger partial charge in [-0.3, -0.25) is 4.90 Å². The molecular weight excluding hydrogens is 267 g/mol. The molecule has 0 aliphatic heterocycles. The molecule has 0 bridgehead atoms. The van der Waals surface area contributed by atoms with Crippen molar-refractivity contribution in [1.82, 2.24) is 5.32 Å². The molecule has 0 radical (unpaired) electrons. The summed E-state index contributed by atoms with van der Waals surface area (Å²) in [7, 11) is 2.92. The molecule has 7 heteroatoms. The lowest BCUT2D eigenvalue weighted by Crippen LogP contribution is -2.47. The zero-order chi connectivity index (χ0) is 15.1. The average molecular weight is 284 g/mol. The number of methoxy groups -OCH3 is 1. The minimum Gasteiger partial charge on any atom is -0.480 e. The molecule has 1 rings (SSSR count). The molecule has 0 saturated heterocycles. The summed E-state index contributed by atoms with van der Waals surface area (Å²) in [5.41, 5.74) is 0.458. The monoisotopic (exact) mass is 284 g/mol. The van der Waals surface area contributed by atoms with Crippen molar-refractivity contribution >= 4 is 17.7 Å². The Labute approximate surface area is 116 Å². The number of anilines is 1. The molecule has 6 nitrogen and oxygen atoms in total. The Kier molecular flexibility index (Phi) is 5.92. The second kappa shape index (κ2) is 7.44. The van der Waals surface area contributed by atoms with E-state index >= 15 is 0 Å². The number of carbonyl (C=O) groups is 2. The van der Waals surface area contributed by atoms with Gasteiger partial charge in [-0.2, -0.15) is 0 Å². The minimum absolute atomic E-state index is 0.162. The number of benzene rings is 1. The molecule has 0 heterocycles. The zero-order valence-electron chi connectivity index (χ0n) is 11.3. The predicted molar refractivity (Wildman–Crippen MR) is 71.3 cm³/mol. The minimum atomic E-state index is -1.14. The third-order valence-corrected chi connectivity index (χ3v) is 2.73. The van der Waals surface area contributed by atoms with Gasteiger partial charge in [0.25, 0.3) is 0 Å². The van der Waals surface area contributed by atoms with Gasteiger partial charge in [0, 0.05) is 32.9 Å². The van der Waals surface area contributed by atoms with Gasteiger partial charge >= 0.3 is 12.0 Å². The number of rotatable bonds is 6. The summed E-state index contributed by atoms with van der Waals surface area (Å²) < 4.78 is 17.6. The molecule has 0 spiro atoms. The lowest BCUT2D eigenvalue weighted by atomic mass is 10.2. The normalized spacial score (nSPS) is 11.8. The quantitative estimate of drug-likeness (QED) is 0.829. The van der Waals surface area contributed by atoms with Crippen LogP contribution in [0.3, 0.4) is 0 Å². The first-order valence-corrected chi connectivity index (χ1v) is 5.97. The number of ether oxygens (including phenoxy) is 1. The summed E-state index contributed by atoms with van der Waals surface area (Å²) in [6, 6.07) is 3.68. The first kappa shape index (κ1) is 15.9. The van der Waals surface area contributed by atoms with Crippen LogP contribution < -0.4 is 10.2 Å². The number of nitrogens with zero attached hydrogens (tertiary/aromatic N) is 1. The summed E-state index contributed by atoms with van der Waals surface area (Å²) in [6.45, 7) is 0.220. The number of nitrogens with one attached hydrogen (secondary N) is 1. The molecule has 1 unspecified atom stereocenters. The van der Waals surface area contributed by atoms with E-state index < -0.39 is 23.9 Å². The molecule has 0 fully saturated rings. The van der Waals surface area contributed by atoms with Gasteiger partial charge in [0.2, 0.25) is 0 Å². The second-order valence-corrected chi connectivity index (χ2v) is 4.16. The Morgan fingerprint density at radius 3 is 2.50 bits per heavy atom. The fourth-order valence-electron chi connectivity index (χ4n) is 1.52. The van der Waals surface area contributed by atoms with E-state index in [1.807, 2.05) is 0 Å². The Hall–Kier alpha value is -2.15. The van der Waals surface area contributed by atoms with Gasteiger partial charge in [-0.25, -0.2) is 14.0 Å². The Morgan fingerprint density at radius 1 is 1.40 bits per heavy atom. The molecular formula is C13H17FN2O4. The molecule has 2 N–H and O–H groups in total. The predicted octanol–water partition coefficient (Wildman–Crippen LogP) is 1.46. The number of urea groups is 1. The third kappa shape index (κ3) is 4.51. The number of amides is 2. The van der Waals surface area contributed by atoms with Crippen LogP contribution in [0.5, 0.6) is 0 Å². The highest BCUT2D eigenvalue weighted by Crippen LogP contribution is 2.13. The Morgan fingerprint density at radius 2 is 2.00 bits per heavy atom. The first-order valence-electron chi connectivity index (χ1n) is 5.97. The van der Waals surface area contributed by atoms with Crippen LogP contribution in [0.15, 0.2) is 24.3 Å². The van der Waals surface area contributed by atoms with Crippen LogP contribution in [0.1, 0.15) is 6.42 Å². The zero-order valence-corrected chi connectivity index (χ0v) is 11.3. The number of aliphatic carboxylic acids is 1. The highest BCUT2D eigenvalue weighted by molar-refractivity contribution is 5.93. The third-order valence-electron chi connectivity index (χ3n) is 2.73.